The van der Waals surface area contributed by atoms with Crippen molar-refractivity contribution in [3.63, 3.8) is 0 Å². The zero-order valence-electron chi connectivity index (χ0n) is 16.5. The Morgan fingerprint density at radius 3 is 2.52 bits per heavy atom. The van der Waals surface area contributed by atoms with Gasteiger partial charge in [-0.2, -0.15) is 0 Å². The molecule has 0 aliphatic carbocycles. The van der Waals surface area contributed by atoms with Crippen LogP contribution in [0.3, 0.4) is 0 Å². The Balaban J connectivity index is 2.05. The van der Waals surface area contributed by atoms with Crippen LogP contribution in [0.4, 0.5) is 0 Å². The first-order valence-electron chi connectivity index (χ1n) is 9.41. The summed E-state index contributed by atoms with van der Waals surface area (Å²) >= 11 is 6.11. The van der Waals surface area contributed by atoms with Gasteiger partial charge < -0.3 is 4.57 Å². The highest BCUT2D eigenvalue weighted by Gasteiger charge is 2.21. The average Bonchev–Trinajstić information content (AvgIpc) is 3.06. The standard InChI is InChI=1S/C22H21ClN4O2/c1-14(2)26-21(28)19-20(27(22(26)29)18-10-5-4-7-15(18)3)24-13-25(19)12-16-8-6-9-17(23)11-16/h4-11,13-14H,12H2,1-3H3. The third kappa shape index (κ3) is 3.29. The second kappa shape index (κ2) is 7.37. The summed E-state index contributed by atoms with van der Waals surface area (Å²) in [7, 11) is 0. The van der Waals surface area contributed by atoms with Crippen molar-refractivity contribution >= 4 is 22.8 Å². The first-order valence-corrected chi connectivity index (χ1v) is 9.79. The molecule has 0 fully saturated rings. The molecule has 0 N–H and O–H groups in total. The monoisotopic (exact) mass is 408 g/mol. The maximum Gasteiger partial charge on any atom is 0.337 e. The van der Waals surface area contributed by atoms with Crippen LogP contribution < -0.4 is 11.2 Å². The zero-order chi connectivity index (χ0) is 20.7. The second-order valence-corrected chi connectivity index (χ2v) is 7.78. The Labute approximate surface area is 172 Å². The highest BCUT2D eigenvalue weighted by atomic mass is 35.5. The molecule has 0 amide bonds. The van der Waals surface area contributed by atoms with E-state index >= 15 is 0 Å². The number of halogens is 1. The molecule has 29 heavy (non-hydrogen) atoms. The summed E-state index contributed by atoms with van der Waals surface area (Å²) < 4.78 is 4.59. The van der Waals surface area contributed by atoms with E-state index in [0.29, 0.717) is 28.4 Å². The van der Waals surface area contributed by atoms with Crippen LogP contribution in [0, 0.1) is 6.92 Å². The molecule has 4 rings (SSSR count). The van der Waals surface area contributed by atoms with Gasteiger partial charge in [-0.05, 0) is 50.1 Å². The summed E-state index contributed by atoms with van der Waals surface area (Å²) in [6.45, 7) is 6.01. The minimum atomic E-state index is -0.389. The van der Waals surface area contributed by atoms with E-state index in [1.54, 1.807) is 17.0 Å². The van der Waals surface area contributed by atoms with Crippen molar-refractivity contribution in [1.82, 2.24) is 18.7 Å². The number of benzene rings is 2. The Morgan fingerprint density at radius 1 is 1.07 bits per heavy atom. The molecule has 0 aliphatic heterocycles. The van der Waals surface area contributed by atoms with Gasteiger partial charge >= 0.3 is 5.69 Å². The van der Waals surface area contributed by atoms with E-state index in [0.717, 1.165) is 11.1 Å². The molecule has 0 unspecified atom stereocenters. The quantitative estimate of drug-likeness (QED) is 0.513. The van der Waals surface area contributed by atoms with Crippen LogP contribution >= 0.6 is 11.6 Å². The molecular weight excluding hydrogens is 388 g/mol. The molecule has 7 heteroatoms. The van der Waals surface area contributed by atoms with E-state index in [4.69, 9.17) is 11.6 Å². The highest BCUT2D eigenvalue weighted by molar-refractivity contribution is 6.30. The normalized spacial score (nSPS) is 11.5. The van der Waals surface area contributed by atoms with Gasteiger partial charge in [-0.25, -0.2) is 14.3 Å². The molecule has 2 aromatic carbocycles. The van der Waals surface area contributed by atoms with Gasteiger partial charge in [0.15, 0.2) is 11.2 Å². The fourth-order valence-corrected chi connectivity index (χ4v) is 3.80. The maximum atomic E-state index is 13.3. The number of aromatic nitrogens is 4. The van der Waals surface area contributed by atoms with Crippen LogP contribution in [0.5, 0.6) is 0 Å². The van der Waals surface area contributed by atoms with Crippen molar-refractivity contribution in [2.75, 3.05) is 0 Å². The number of hydrogen-bond acceptors (Lipinski definition) is 3. The topological polar surface area (TPSA) is 61.8 Å². The van der Waals surface area contributed by atoms with Crippen molar-refractivity contribution in [2.24, 2.45) is 0 Å². The fraction of sp³-hybridized carbons (Fsp3) is 0.227. The Morgan fingerprint density at radius 2 is 1.83 bits per heavy atom. The largest absolute Gasteiger partial charge is 0.337 e. The first-order chi connectivity index (χ1) is 13.9. The summed E-state index contributed by atoms with van der Waals surface area (Å²) in [6, 6.07) is 14.8. The number of nitrogens with zero attached hydrogens (tertiary/aromatic N) is 4. The Kier molecular flexibility index (Phi) is 4.88. The van der Waals surface area contributed by atoms with E-state index in [2.05, 4.69) is 4.98 Å². The number of para-hydroxylation sites is 1. The molecule has 0 saturated carbocycles. The molecular formula is C22H21ClN4O2. The number of imidazole rings is 1. The molecule has 6 nitrogen and oxygen atoms in total. The predicted octanol–water partition coefficient (Wildman–Crippen LogP) is 3.94. The molecule has 0 bridgehead atoms. The first kappa shape index (κ1) is 19.2. The summed E-state index contributed by atoms with van der Waals surface area (Å²) in [5, 5.41) is 0.628. The Bertz CT molecular complexity index is 1330. The number of hydrogen-bond donors (Lipinski definition) is 0. The fourth-order valence-electron chi connectivity index (χ4n) is 3.59. The van der Waals surface area contributed by atoms with Crippen molar-refractivity contribution < 1.29 is 0 Å². The van der Waals surface area contributed by atoms with E-state index < -0.39 is 0 Å². The van der Waals surface area contributed by atoms with Crippen molar-refractivity contribution in [3.05, 3.63) is 91.8 Å². The van der Waals surface area contributed by atoms with Gasteiger partial charge in [-0.3, -0.25) is 9.36 Å². The Hall–Kier alpha value is -3.12. The van der Waals surface area contributed by atoms with E-state index in [1.165, 1.54) is 9.13 Å². The highest BCUT2D eigenvalue weighted by Crippen LogP contribution is 2.19. The molecule has 0 radical (unpaired) electrons. The SMILES string of the molecule is Cc1ccccc1-n1c(=O)n(C(C)C)c(=O)c2c1ncn2Cc1cccc(Cl)c1. The van der Waals surface area contributed by atoms with E-state index in [9.17, 15) is 9.59 Å². The molecule has 0 aliphatic rings. The third-order valence-corrected chi connectivity index (χ3v) is 5.20. The van der Waals surface area contributed by atoms with Gasteiger partial charge in [-0.1, -0.05) is 41.9 Å². The molecule has 148 valence electrons. The molecule has 0 atom stereocenters. The second-order valence-electron chi connectivity index (χ2n) is 7.35. The molecule has 0 spiro atoms. The minimum absolute atomic E-state index is 0.288. The zero-order valence-corrected chi connectivity index (χ0v) is 17.2. The van der Waals surface area contributed by atoms with E-state index in [-0.39, 0.29) is 17.3 Å². The van der Waals surface area contributed by atoms with Gasteiger partial charge in [0.1, 0.15) is 0 Å². The lowest BCUT2D eigenvalue weighted by molar-refractivity contribution is 0.538. The lowest BCUT2D eigenvalue weighted by atomic mass is 10.2. The summed E-state index contributed by atoms with van der Waals surface area (Å²) in [6.07, 6.45) is 1.60. The van der Waals surface area contributed by atoms with Crippen LogP contribution in [0.15, 0.2) is 64.4 Å². The van der Waals surface area contributed by atoms with Crippen molar-refractivity contribution in [1.29, 1.82) is 0 Å². The summed E-state index contributed by atoms with van der Waals surface area (Å²) in [5.74, 6) is 0. The van der Waals surface area contributed by atoms with Gasteiger partial charge in [0.25, 0.3) is 5.56 Å². The lowest BCUT2D eigenvalue weighted by Gasteiger charge is -2.16. The van der Waals surface area contributed by atoms with Crippen LogP contribution in [0.2, 0.25) is 5.02 Å². The number of rotatable bonds is 4. The molecule has 2 heterocycles. The van der Waals surface area contributed by atoms with Gasteiger partial charge in [0, 0.05) is 17.6 Å². The van der Waals surface area contributed by atoms with Gasteiger partial charge in [0.2, 0.25) is 0 Å². The smallest absolute Gasteiger partial charge is 0.320 e. The van der Waals surface area contributed by atoms with Gasteiger partial charge in [0.05, 0.1) is 12.0 Å². The van der Waals surface area contributed by atoms with Gasteiger partial charge in [-0.15, -0.1) is 0 Å². The van der Waals surface area contributed by atoms with Crippen molar-refractivity contribution in [3.8, 4) is 5.69 Å². The van der Waals surface area contributed by atoms with E-state index in [1.807, 2.05) is 63.2 Å². The van der Waals surface area contributed by atoms with Crippen molar-refractivity contribution in [2.45, 2.75) is 33.4 Å². The lowest BCUT2D eigenvalue weighted by Crippen LogP contribution is -2.41. The number of fused-ring (bicyclic) bond motifs is 1. The average molecular weight is 409 g/mol. The molecule has 4 aromatic rings. The maximum absolute atomic E-state index is 13.3. The van der Waals surface area contributed by atoms with Crippen LogP contribution in [-0.2, 0) is 6.54 Å². The predicted molar refractivity (Wildman–Crippen MR) is 115 cm³/mol. The molecule has 0 saturated heterocycles. The third-order valence-electron chi connectivity index (χ3n) is 4.96. The van der Waals surface area contributed by atoms with Crippen LogP contribution in [0.25, 0.3) is 16.9 Å². The molecule has 2 aromatic heterocycles. The van der Waals surface area contributed by atoms with Crippen LogP contribution in [0.1, 0.15) is 31.0 Å². The van der Waals surface area contributed by atoms with Crippen LogP contribution in [-0.4, -0.2) is 18.7 Å². The summed E-state index contributed by atoms with van der Waals surface area (Å²) in [5.41, 5.74) is 2.60. The minimum Gasteiger partial charge on any atom is -0.320 e. The summed E-state index contributed by atoms with van der Waals surface area (Å²) in [4.78, 5) is 31.0. The number of aryl methyl sites for hydroxylation is 1.